The Hall–Kier alpha value is -2.77. The number of imidazole rings is 1. The smallest absolute Gasteiger partial charge is 0.411 e. The summed E-state index contributed by atoms with van der Waals surface area (Å²) in [6.07, 6.45) is 1.01. The molecule has 1 aliphatic heterocycles. The highest BCUT2D eigenvalue weighted by molar-refractivity contribution is 5.82. The molecular formula is C18H25N3O5. The number of methoxy groups -OCH3 is 1. The minimum absolute atomic E-state index is 0.152. The van der Waals surface area contributed by atoms with Crippen molar-refractivity contribution in [1.82, 2.24) is 14.9 Å². The highest BCUT2D eigenvalue weighted by atomic mass is 16.6. The second kappa shape index (κ2) is 8.07. The second-order valence-corrected chi connectivity index (χ2v) is 6.98. The van der Waals surface area contributed by atoms with E-state index in [0.29, 0.717) is 13.0 Å². The number of nitrogens with one attached hydrogen (secondary N) is 2. The van der Waals surface area contributed by atoms with Crippen LogP contribution in [0.4, 0.5) is 4.79 Å². The second-order valence-electron chi connectivity index (χ2n) is 6.98. The van der Waals surface area contributed by atoms with Gasteiger partial charge in [0.2, 0.25) is 0 Å². The third-order valence-electron chi connectivity index (χ3n) is 3.78. The van der Waals surface area contributed by atoms with Crippen LogP contribution in [0.15, 0.2) is 29.1 Å². The summed E-state index contributed by atoms with van der Waals surface area (Å²) < 4.78 is 9.88. The molecule has 2 heterocycles. The van der Waals surface area contributed by atoms with Crippen molar-refractivity contribution in [3.8, 4) is 0 Å². The zero-order valence-electron chi connectivity index (χ0n) is 15.5. The molecule has 26 heavy (non-hydrogen) atoms. The molecule has 0 spiro atoms. The molecule has 1 aromatic heterocycles. The Labute approximate surface area is 151 Å². The summed E-state index contributed by atoms with van der Waals surface area (Å²) in [7, 11) is 1.33. The van der Waals surface area contributed by atoms with Crippen LogP contribution in [0, 0.1) is 0 Å². The number of aromatic amines is 2. The predicted molar refractivity (Wildman–Crippen MR) is 96.9 cm³/mol. The van der Waals surface area contributed by atoms with Gasteiger partial charge in [-0.3, -0.25) is 4.90 Å². The first-order chi connectivity index (χ1) is 12.2. The molecule has 0 saturated carbocycles. The normalized spacial score (nSPS) is 16.8. The standard InChI is InChI=1S/C11H19NO4.C7H6N2O/c1-11(2,3)16-10(14)12-7-5-6-8(12)9(13)15-4;10-7-8-5-3-1-2-4-6(5)9-7/h8H,5-7H2,1-4H3;1-4H,(H2,8,9,10). The molecule has 3 rings (SSSR count). The van der Waals surface area contributed by atoms with Crippen LogP contribution in [0.25, 0.3) is 11.0 Å². The Balaban J connectivity index is 0.000000206. The van der Waals surface area contributed by atoms with E-state index < -0.39 is 17.7 Å². The number of likely N-dealkylation sites (tertiary alicyclic amines) is 1. The molecule has 1 aliphatic rings. The maximum atomic E-state index is 11.8. The van der Waals surface area contributed by atoms with Crippen molar-refractivity contribution in [2.75, 3.05) is 13.7 Å². The van der Waals surface area contributed by atoms with E-state index in [0.717, 1.165) is 17.5 Å². The monoisotopic (exact) mass is 363 g/mol. The van der Waals surface area contributed by atoms with Gasteiger partial charge in [-0.15, -0.1) is 0 Å². The number of esters is 1. The summed E-state index contributed by atoms with van der Waals surface area (Å²) in [6.45, 7) is 5.95. The molecule has 1 amide bonds. The number of rotatable bonds is 1. The summed E-state index contributed by atoms with van der Waals surface area (Å²) in [5.41, 5.74) is 1.02. The average molecular weight is 363 g/mol. The van der Waals surface area contributed by atoms with Gasteiger partial charge >= 0.3 is 17.8 Å². The molecule has 8 heteroatoms. The lowest BCUT2D eigenvalue weighted by atomic mass is 10.2. The number of benzene rings is 1. The SMILES string of the molecule is COC(=O)C1CCCN1C(=O)OC(C)(C)C.O=c1[nH]c2ccccc2[nH]1. The first-order valence-corrected chi connectivity index (χ1v) is 8.46. The van der Waals surface area contributed by atoms with Crippen molar-refractivity contribution in [1.29, 1.82) is 0 Å². The molecular weight excluding hydrogens is 338 g/mol. The fourth-order valence-corrected chi connectivity index (χ4v) is 2.66. The highest BCUT2D eigenvalue weighted by Gasteiger charge is 2.37. The number of aromatic nitrogens is 2. The number of para-hydroxylation sites is 2. The van der Waals surface area contributed by atoms with E-state index in [1.165, 1.54) is 12.0 Å². The van der Waals surface area contributed by atoms with Crippen molar-refractivity contribution in [2.24, 2.45) is 0 Å². The molecule has 2 N–H and O–H groups in total. The first-order valence-electron chi connectivity index (χ1n) is 8.46. The number of nitrogens with zero attached hydrogens (tertiary/aromatic N) is 1. The Kier molecular flexibility index (Phi) is 6.07. The van der Waals surface area contributed by atoms with Gasteiger partial charge in [0, 0.05) is 6.54 Å². The van der Waals surface area contributed by atoms with Crippen LogP contribution in [0.5, 0.6) is 0 Å². The van der Waals surface area contributed by atoms with Gasteiger partial charge in [0.05, 0.1) is 18.1 Å². The number of hydrogen-bond donors (Lipinski definition) is 2. The summed E-state index contributed by atoms with van der Waals surface area (Å²) in [4.78, 5) is 40.6. The van der Waals surface area contributed by atoms with E-state index in [1.807, 2.05) is 24.3 Å². The van der Waals surface area contributed by atoms with E-state index in [2.05, 4.69) is 14.7 Å². The number of amides is 1. The fraction of sp³-hybridized carbons (Fsp3) is 0.500. The van der Waals surface area contributed by atoms with Crippen LogP contribution in [-0.2, 0) is 14.3 Å². The van der Waals surface area contributed by atoms with Crippen LogP contribution >= 0.6 is 0 Å². The number of hydrogen-bond acceptors (Lipinski definition) is 5. The van der Waals surface area contributed by atoms with E-state index in [4.69, 9.17) is 4.74 Å². The molecule has 1 unspecified atom stereocenters. The first kappa shape index (κ1) is 19.6. The van der Waals surface area contributed by atoms with E-state index in [1.54, 1.807) is 20.8 Å². The van der Waals surface area contributed by atoms with Crippen LogP contribution in [0.2, 0.25) is 0 Å². The number of ether oxygens (including phenoxy) is 2. The van der Waals surface area contributed by atoms with Crippen LogP contribution < -0.4 is 5.69 Å². The largest absolute Gasteiger partial charge is 0.467 e. The van der Waals surface area contributed by atoms with Gasteiger partial charge in [-0.2, -0.15) is 0 Å². The summed E-state index contributed by atoms with van der Waals surface area (Å²) in [5, 5.41) is 0. The van der Waals surface area contributed by atoms with Gasteiger partial charge in [0.25, 0.3) is 0 Å². The van der Waals surface area contributed by atoms with Gasteiger partial charge in [0.15, 0.2) is 0 Å². The molecule has 0 radical (unpaired) electrons. The average Bonchev–Trinajstić information content (AvgIpc) is 3.18. The number of fused-ring (bicyclic) bond motifs is 1. The van der Waals surface area contributed by atoms with Gasteiger partial charge in [0.1, 0.15) is 11.6 Å². The van der Waals surface area contributed by atoms with E-state index in [-0.39, 0.29) is 11.7 Å². The maximum Gasteiger partial charge on any atom is 0.411 e. The minimum atomic E-state index is -0.541. The zero-order chi connectivity index (χ0) is 19.3. The van der Waals surface area contributed by atoms with E-state index >= 15 is 0 Å². The fourth-order valence-electron chi connectivity index (χ4n) is 2.66. The minimum Gasteiger partial charge on any atom is -0.467 e. The number of carbonyl (C=O) groups excluding carboxylic acids is 2. The Morgan fingerprint density at radius 2 is 1.73 bits per heavy atom. The lowest BCUT2D eigenvalue weighted by Crippen LogP contribution is -2.43. The Morgan fingerprint density at radius 3 is 2.23 bits per heavy atom. The topological polar surface area (TPSA) is 104 Å². The molecule has 1 atom stereocenters. The van der Waals surface area contributed by atoms with Gasteiger partial charge in [-0.1, -0.05) is 12.1 Å². The lowest BCUT2D eigenvalue weighted by Gasteiger charge is -2.27. The number of carbonyl (C=O) groups is 2. The highest BCUT2D eigenvalue weighted by Crippen LogP contribution is 2.21. The number of H-pyrrole nitrogens is 2. The Morgan fingerprint density at radius 1 is 1.15 bits per heavy atom. The third-order valence-corrected chi connectivity index (χ3v) is 3.78. The van der Waals surface area contributed by atoms with Crippen molar-refractivity contribution < 1.29 is 19.1 Å². The van der Waals surface area contributed by atoms with Crippen molar-refractivity contribution in [3.63, 3.8) is 0 Å². The van der Waals surface area contributed by atoms with Gasteiger partial charge < -0.3 is 19.4 Å². The molecule has 142 valence electrons. The molecule has 2 aromatic rings. The van der Waals surface area contributed by atoms with Gasteiger partial charge in [-0.05, 0) is 45.7 Å². The summed E-state index contributed by atoms with van der Waals surface area (Å²) in [6, 6.07) is 6.98. The zero-order valence-corrected chi connectivity index (χ0v) is 15.5. The molecule has 0 aliphatic carbocycles. The molecule has 8 nitrogen and oxygen atoms in total. The lowest BCUT2D eigenvalue weighted by molar-refractivity contribution is -0.145. The quantitative estimate of drug-likeness (QED) is 0.757. The van der Waals surface area contributed by atoms with Crippen molar-refractivity contribution >= 4 is 23.1 Å². The molecule has 1 fully saturated rings. The van der Waals surface area contributed by atoms with Gasteiger partial charge in [-0.25, -0.2) is 14.4 Å². The Bertz CT molecular complexity index is 782. The third kappa shape index (κ3) is 5.11. The maximum absolute atomic E-state index is 11.8. The van der Waals surface area contributed by atoms with Crippen LogP contribution in [-0.4, -0.2) is 52.2 Å². The molecule has 1 aromatic carbocycles. The summed E-state index contributed by atoms with van der Waals surface area (Å²) in [5.74, 6) is -0.372. The van der Waals surface area contributed by atoms with Crippen molar-refractivity contribution in [2.45, 2.75) is 45.3 Å². The van der Waals surface area contributed by atoms with Crippen LogP contribution in [0.1, 0.15) is 33.6 Å². The molecule has 1 saturated heterocycles. The summed E-state index contributed by atoms with van der Waals surface area (Å²) >= 11 is 0. The molecule has 0 bridgehead atoms. The predicted octanol–water partition coefficient (Wildman–Crippen LogP) is 2.42. The van der Waals surface area contributed by atoms with Crippen molar-refractivity contribution in [3.05, 3.63) is 34.7 Å². The van der Waals surface area contributed by atoms with Crippen LogP contribution in [0.3, 0.4) is 0 Å². The van der Waals surface area contributed by atoms with E-state index in [9.17, 15) is 14.4 Å².